The van der Waals surface area contributed by atoms with Gasteiger partial charge in [0.1, 0.15) is 0 Å². The van der Waals surface area contributed by atoms with Gasteiger partial charge in [-0.2, -0.15) is 0 Å². The highest BCUT2D eigenvalue weighted by Crippen LogP contribution is 2.42. The number of fused-ring (bicyclic) bond motifs is 1. The van der Waals surface area contributed by atoms with Gasteiger partial charge in [0.15, 0.2) is 0 Å². The fourth-order valence-corrected chi connectivity index (χ4v) is 4.04. The summed E-state index contributed by atoms with van der Waals surface area (Å²) in [6, 6.07) is 16.8. The predicted octanol–water partition coefficient (Wildman–Crippen LogP) is 5.02. The summed E-state index contributed by atoms with van der Waals surface area (Å²) < 4.78 is 0. The molecule has 3 aromatic rings. The molecule has 2 heterocycles. The van der Waals surface area contributed by atoms with Gasteiger partial charge in [-0.05, 0) is 48.2 Å². The van der Waals surface area contributed by atoms with Gasteiger partial charge in [0.05, 0.1) is 11.4 Å². The highest BCUT2D eigenvalue weighted by atomic mass is 16.2. The Morgan fingerprint density at radius 3 is 2.15 bits per heavy atom. The molecule has 3 aromatic carbocycles. The fourth-order valence-electron chi connectivity index (χ4n) is 4.04. The summed E-state index contributed by atoms with van der Waals surface area (Å²) in [7, 11) is 0. The number of imide groups is 1. The monoisotopic (exact) mass is 354 g/mol. The molecular formula is C23H18N2O2. The average Bonchev–Trinajstić information content (AvgIpc) is 2.89. The molecule has 0 saturated heterocycles. The van der Waals surface area contributed by atoms with Gasteiger partial charge in [-0.1, -0.05) is 38.1 Å². The van der Waals surface area contributed by atoms with Crippen molar-refractivity contribution in [1.29, 1.82) is 0 Å². The van der Waals surface area contributed by atoms with Gasteiger partial charge < -0.3 is 0 Å². The summed E-state index contributed by atoms with van der Waals surface area (Å²) in [6.45, 7) is 6.22. The highest BCUT2D eigenvalue weighted by Gasteiger charge is 2.37. The first-order chi connectivity index (χ1) is 12.9. The van der Waals surface area contributed by atoms with Crippen LogP contribution >= 0.6 is 0 Å². The predicted molar refractivity (Wildman–Crippen MR) is 107 cm³/mol. The van der Waals surface area contributed by atoms with Crippen LogP contribution in [0.15, 0.2) is 59.6 Å². The third-order valence-electron chi connectivity index (χ3n) is 5.88. The molecule has 0 radical (unpaired) electrons. The van der Waals surface area contributed by atoms with Gasteiger partial charge in [0.25, 0.3) is 11.8 Å². The lowest BCUT2D eigenvalue weighted by Crippen LogP contribution is -2.40. The molecule has 2 aliphatic heterocycles. The van der Waals surface area contributed by atoms with Crippen LogP contribution in [0, 0.1) is 0 Å². The number of amides is 2. The molecule has 27 heavy (non-hydrogen) atoms. The van der Waals surface area contributed by atoms with E-state index in [9.17, 15) is 9.59 Å². The van der Waals surface area contributed by atoms with Gasteiger partial charge >= 0.3 is 0 Å². The van der Waals surface area contributed by atoms with E-state index in [0.29, 0.717) is 16.8 Å². The van der Waals surface area contributed by atoms with E-state index in [1.807, 2.05) is 43.3 Å². The molecule has 0 N–H and O–H groups in total. The number of benzene rings is 3. The molecule has 0 aromatic heterocycles. The number of nitrogens with zero attached hydrogens (tertiary/aromatic N) is 2. The molecule has 0 fully saturated rings. The van der Waals surface area contributed by atoms with Crippen LogP contribution in [0.25, 0.3) is 10.8 Å². The van der Waals surface area contributed by atoms with Crippen LogP contribution in [0.4, 0.5) is 11.4 Å². The maximum Gasteiger partial charge on any atom is 0.265 e. The van der Waals surface area contributed by atoms with Crippen LogP contribution < -0.4 is 4.90 Å². The number of rotatable bonds is 1. The van der Waals surface area contributed by atoms with Crippen LogP contribution in [-0.2, 0) is 5.41 Å². The third-order valence-corrected chi connectivity index (χ3v) is 5.88. The summed E-state index contributed by atoms with van der Waals surface area (Å²) in [5.41, 5.74) is 4.47. The van der Waals surface area contributed by atoms with Crippen LogP contribution in [0.5, 0.6) is 0 Å². The normalized spacial score (nSPS) is 17.3. The molecular weight excluding hydrogens is 336 g/mol. The largest absolute Gasteiger partial charge is 0.268 e. The van der Waals surface area contributed by atoms with Crippen LogP contribution in [0.1, 0.15) is 47.1 Å². The van der Waals surface area contributed by atoms with E-state index in [0.717, 1.165) is 27.7 Å². The van der Waals surface area contributed by atoms with Crippen molar-refractivity contribution in [3.05, 3.63) is 71.3 Å². The quantitative estimate of drug-likeness (QED) is 0.576. The number of carbonyl (C=O) groups excluding carboxylic acids is 2. The first-order valence-corrected chi connectivity index (χ1v) is 9.00. The topological polar surface area (TPSA) is 49.7 Å². The Morgan fingerprint density at radius 2 is 1.52 bits per heavy atom. The van der Waals surface area contributed by atoms with Crippen molar-refractivity contribution >= 4 is 39.7 Å². The molecule has 4 nitrogen and oxygen atoms in total. The van der Waals surface area contributed by atoms with Crippen LogP contribution in [-0.4, -0.2) is 17.5 Å². The zero-order valence-electron chi connectivity index (χ0n) is 15.4. The van der Waals surface area contributed by atoms with E-state index < -0.39 is 0 Å². The standard InChI is InChI=1S/C23H18N2O2/c1-13-23(2,3)18-12-15(10-11-19(18)24-13)25-21(26)16-8-4-6-14-7-5-9-17(20(14)16)22(25)27/h4-12H,1-3H3. The van der Waals surface area contributed by atoms with Gasteiger partial charge in [-0.25, -0.2) is 4.90 Å². The Bertz CT molecular complexity index is 1150. The van der Waals surface area contributed by atoms with Gasteiger partial charge in [-0.3, -0.25) is 14.6 Å². The van der Waals surface area contributed by atoms with E-state index in [-0.39, 0.29) is 17.2 Å². The Morgan fingerprint density at radius 1 is 0.889 bits per heavy atom. The lowest BCUT2D eigenvalue weighted by molar-refractivity contribution is 0.0893. The smallest absolute Gasteiger partial charge is 0.265 e. The second kappa shape index (κ2) is 5.13. The van der Waals surface area contributed by atoms with Crippen molar-refractivity contribution in [3.8, 4) is 0 Å². The number of carbonyl (C=O) groups is 2. The van der Waals surface area contributed by atoms with Crippen molar-refractivity contribution in [2.75, 3.05) is 4.90 Å². The van der Waals surface area contributed by atoms with Gasteiger partial charge in [0.2, 0.25) is 0 Å². The molecule has 0 atom stereocenters. The fraction of sp³-hybridized carbons (Fsp3) is 0.174. The number of anilines is 1. The van der Waals surface area contributed by atoms with Gasteiger partial charge in [0, 0.05) is 27.6 Å². The average molecular weight is 354 g/mol. The highest BCUT2D eigenvalue weighted by molar-refractivity contribution is 6.35. The Labute approximate surface area is 157 Å². The van der Waals surface area contributed by atoms with E-state index in [2.05, 4.69) is 18.8 Å². The first-order valence-electron chi connectivity index (χ1n) is 9.00. The molecule has 0 saturated carbocycles. The molecule has 4 heteroatoms. The summed E-state index contributed by atoms with van der Waals surface area (Å²) in [5.74, 6) is -0.560. The lowest BCUT2D eigenvalue weighted by Gasteiger charge is -2.28. The molecule has 2 aliphatic rings. The minimum atomic E-state index is -0.280. The number of aliphatic imine (C=N–C) groups is 1. The SMILES string of the molecule is CC1=Nc2ccc(N3C(=O)c4cccc5cccc(c45)C3=O)cc2C1(C)C. The summed E-state index contributed by atoms with van der Waals surface area (Å²) in [4.78, 5) is 32.4. The zero-order valence-corrected chi connectivity index (χ0v) is 15.4. The second-order valence-electron chi connectivity index (χ2n) is 7.68. The Hall–Kier alpha value is -3.27. The van der Waals surface area contributed by atoms with Crippen molar-refractivity contribution in [2.45, 2.75) is 26.2 Å². The van der Waals surface area contributed by atoms with E-state index in [4.69, 9.17) is 0 Å². The molecule has 5 rings (SSSR count). The summed E-state index contributed by atoms with van der Waals surface area (Å²) in [6.07, 6.45) is 0. The summed E-state index contributed by atoms with van der Waals surface area (Å²) in [5, 5.41) is 1.65. The molecule has 0 unspecified atom stereocenters. The van der Waals surface area contributed by atoms with Crippen molar-refractivity contribution < 1.29 is 9.59 Å². The molecule has 0 bridgehead atoms. The van der Waals surface area contributed by atoms with Crippen molar-refractivity contribution in [3.63, 3.8) is 0 Å². The van der Waals surface area contributed by atoms with Crippen LogP contribution in [0.2, 0.25) is 0 Å². The molecule has 132 valence electrons. The van der Waals surface area contributed by atoms with E-state index in [1.54, 1.807) is 18.2 Å². The van der Waals surface area contributed by atoms with E-state index >= 15 is 0 Å². The lowest BCUT2D eigenvalue weighted by atomic mass is 9.82. The summed E-state index contributed by atoms with van der Waals surface area (Å²) >= 11 is 0. The Balaban J connectivity index is 1.70. The van der Waals surface area contributed by atoms with Crippen molar-refractivity contribution in [2.24, 2.45) is 4.99 Å². The first kappa shape index (κ1) is 15.9. The zero-order chi connectivity index (χ0) is 18.9. The molecule has 0 spiro atoms. The van der Waals surface area contributed by atoms with E-state index in [1.165, 1.54) is 4.90 Å². The second-order valence-corrected chi connectivity index (χ2v) is 7.68. The molecule has 0 aliphatic carbocycles. The maximum atomic E-state index is 13.2. The van der Waals surface area contributed by atoms with Crippen molar-refractivity contribution in [1.82, 2.24) is 0 Å². The molecule has 2 amide bonds. The third kappa shape index (κ3) is 2.01. The number of hydrogen-bond acceptors (Lipinski definition) is 3. The minimum Gasteiger partial charge on any atom is -0.268 e. The minimum absolute atomic E-state index is 0.217. The number of hydrogen-bond donors (Lipinski definition) is 0. The van der Waals surface area contributed by atoms with Crippen LogP contribution in [0.3, 0.4) is 0 Å². The Kier molecular flexibility index (Phi) is 3.03. The van der Waals surface area contributed by atoms with Gasteiger partial charge in [-0.15, -0.1) is 0 Å². The maximum absolute atomic E-state index is 13.2.